The molecule has 0 radical (unpaired) electrons. The van der Waals surface area contributed by atoms with Gasteiger partial charge in [0.2, 0.25) is 11.8 Å². The molecule has 96 valence electrons. The number of anilines is 1. The van der Waals surface area contributed by atoms with Crippen molar-refractivity contribution in [2.45, 2.75) is 6.92 Å². The van der Waals surface area contributed by atoms with Gasteiger partial charge < -0.3 is 14.5 Å². The number of piperazine rings is 1. The predicted molar refractivity (Wildman–Crippen MR) is 67.6 cm³/mol. The van der Waals surface area contributed by atoms with Crippen LogP contribution in [0.15, 0.2) is 24.3 Å². The molecule has 1 heterocycles. The second kappa shape index (κ2) is 5.08. The third-order valence-corrected chi connectivity index (χ3v) is 2.85. The van der Waals surface area contributed by atoms with Gasteiger partial charge in [-0.3, -0.25) is 9.59 Å². The van der Waals surface area contributed by atoms with Crippen molar-refractivity contribution >= 4 is 17.5 Å². The summed E-state index contributed by atoms with van der Waals surface area (Å²) in [5.41, 5.74) is 0.727. The molecular weight excluding hydrogens is 232 g/mol. The van der Waals surface area contributed by atoms with Crippen LogP contribution in [0.1, 0.15) is 6.92 Å². The number of ether oxygens (including phenoxy) is 1. The molecule has 0 aliphatic carbocycles. The van der Waals surface area contributed by atoms with Gasteiger partial charge in [0.25, 0.3) is 0 Å². The Hall–Kier alpha value is -2.04. The lowest BCUT2D eigenvalue weighted by atomic mass is 10.2. The minimum Gasteiger partial charge on any atom is -0.494 e. The molecule has 1 aromatic carbocycles. The number of amides is 2. The third kappa shape index (κ3) is 2.45. The first kappa shape index (κ1) is 12.4. The Morgan fingerprint density at radius 2 is 1.78 bits per heavy atom. The Bertz CT molecular complexity index is 456. The molecule has 0 aromatic heterocycles. The molecule has 2 amide bonds. The summed E-state index contributed by atoms with van der Waals surface area (Å²) < 4.78 is 5.33. The van der Waals surface area contributed by atoms with Gasteiger partial charge >= 0.3 is 0 Å². The summed E-state index contributed by atoms with van der Waals surface area (Å²) in [7, 11) is 1.63. The van der Waals surface area contributed by atoms with Gasteiger partial charge in [-0.15, -0.1) is 0 Å². The average molecular weight is 248 g/mol. The molecular formula is C13H16N2O3. The van der Waals surface area contributed by atoms with Gasteiger partial charge in [0.05, 0.1) is 13.2 Å². The first-order valence-electron chi connectivity index (χ1n) is 5.89. The molecule has 2 rings (SSSR count). The van der Waals surface area contributed by atoms with Crippen molar-refractivity contribution < 1.29 is 14.3 Å². The molecule has 18 heavy (non-hydrogen) atoms. The fraction of sp³-hybridized carbons (Fsp3) is 0.385. The Morgan fingerprint density at radius 1 is 1.11 bits per heavy atom. The van der Waals surface area contributed by atoms with E-state index < -0.39 is 0 Å². The van der Waals surface area contributed by atoms with E-state index in [1.165, 1.54) is 9.80 Å². The van der Waals surface area contributed by atoms with Crippen molar-refractivity contribution in [3.8, 4) is 5.75 Å². The van der Waals surface area contributed by atoms with Crippen molar-refractivity contribution in [3.05, 3.63) is 24.3 Å². The molecule has 0 spiro atoms. The molecule has 1 aliphatic rings. The van der Waals surface area contributed by atoms with E-state index in [9.17, 15) is 9.59 Å². The number of carbonyl (C=O) groups excluding carboxylic acids is 2. The number of carbonyl (C=O) groups is 2. The molecule has 0 N–H and O–H groups in total. The molecule has 1 aromatic rings. The minimum absolute atomic E-state index is 0.0523. The van der Waals surface area contributed by atoms with E-state index in [1.807, 2.05) is 6.92 Å². The summed E-state index contributed by atoms with van der Waals surface area (Å²) in [6.07, 6.45) is 0. The van der Waals surface area contributed by atoms with E-state index in [-0.39, 0.29) is 24.9 Å². The van der Waals surface area contributed by atoms with E-state index >= 15 is 0 Å². The Kier molecular flexibility index (Phi) is 3.50. The number of likely N-dealkylation sites (N-methyl/N-ethyl adjacent to an activating group) is 1. The van der Waals surface area contributed by atoms with Crippen LogP contribution >= 0.6 is 0 Å². The zero-order valence-electron chi connectivity index (χ0n) is 10.5. The summed E-state index contributed by atoms with van der Waals surface area (Å²) in [5.74, 6) is 0.638. The third-order valence-electron chi connectivity index (χ3n) is 2.85. The SMILES string of the molecule is CCOc1ccc(N2CC(=O)N(C)CC2=O)cc1. The second-order valence-electron chi connectivity index (χ2n) is 4.16. The molecule has 1 aliphatic heterocycles. The number of benzene rings is 1. The summed E-state index contributed by atoms with van der Waals surface area (Å²) in [5, 5.41) is 0. The molecule has 0 bridgehead atoms. The normalized spacial score (nSPS) is 16.1. The first-order valence-corrected chi connectivity index (χ1v) is 5.89. The van der Waals surface area contributed by atoms with E-state index in [0.29, 0.717) is 6.61 Å². The highest BCUT2D eigenvalue weighted by Crippen LogP contribution is 2.21. The number of rotatable bonds is 3. The van der Waals surface area contributed by atoms with Crippen LogP contribution < -0.4 is 9.64 Å². The van der Waals surface area contributed by atoms with E-state index in [1.54, 1.807) is 31.3 Å². The molecule has 0 atom stereocenters. The number of hydrogen-bond donors (Lipinski definition) is 0. The van der Waals surface area contributed by atoms with Gasteiger partial charge in [-0.2, -0.15) is 0 Å². The van der Waals surface area contributed by atoms with Gasteiger partial charge in [-0.1, -0.05) is 0 Å². The van der Waals surface area contributed by atoms with Gasteiger partial charge in [0.15, 0.2) is 0 Å². The minimum atomic E-state index is -0.0683. The Morgan fingerprint density at radius 3 is 2.39 bits per heavy atom. The highest BCUT2D eigenvalue weighted by atomic mass is 16.5. The average Bonchev–Trinajstić information content (AvgIpc) is 2.35. The van der Waals surface area contributed by atoms with Crippen LogP contribution in [-0.4, -0.2) is 43.5 Å². The van der Waals surface area contributed by atoms with Crippen LogP contribution in [0.5, 0.6) is 5.75 Å². The van der Waals surface area contributed by atoms with Crippen LogP contribution in [0, 0.1) is 0 Å². The maximum atomic E-state index is 11.9. The van der Waals surface area contributed by atoms with Crippen molar-refractivity contribution in [2.24, 2.45) is 0 Å². The van der Waals surface area contributed by atoms with Gasteiger partial charge in [0, 0.05) is 12.7 Å². The smallest absolute Gasteiger partial charge is 0.247 e. The summed E-state index contributed by atoms with van der Waals surface area (Å²) in [6, 6.07) is 7.19. The second-order valence-corrected chi connectivity index (χ2v) is 4.16. The Balaban J connectivity index is 2.15. The maximum Gasteiger partial charge on any atom is 0.247 e. The monoisotopic (exact) mass is 248 g/mol. The van der Waals surface area contributed by atoms with Crippen LogP contribution in [0.25, 0.3) is 0 Å². The van der Waals surface area contributed by atoms with E-state index in [2.05, 4.69) is 0 Å². The molecule has 5 heteroatoms. The lowest BCUT2D eigenvalue weighted by molar-refractivity contribution is -0.136. The number of hydrogen-bond acceptors (Lipinski definition) is 3. The summed E-state index contributed by atoms with van der Waals surface area (Å²) in [4.78, 5) is 26.4. The van der Waals surface area contributed by atoms with Gasteiger partial charge in [0.1, 0.15) is 12.3 Å². The maximum absolute atomic E-state index is 11.9. The van der Waals surface area contributed by atoms with Crippen LogP contribution in [0.4, 0.5) is 5.69 Å². The van der Waals surface area contributed by atoms with Gasteiger partial charge in [-0.25, -0.2) is 0 Å². The highest BCUT2D eigenvalue weighted by molar-refractivity contribution is 6.04. The molecule has 5 nitrogen and oxygen atoms in total. The lowest BCUT2D eigenvalue weighted by Crippen LogP contribution is -2.52. The molecule has 0 unspecified atom stereocenters. The largest absolute Gasteiger partial charge is 0.494 e. The zero-order chi connectivity index (χ0) is 13.1. The Labute approximate surface area is 106 Å². The summed E-state index contributed by atoms with van der Waals surface area (Å²) in [6.45, 7) is 2.75. The van der Waals surface area contributed by atoms with Crippen LogP contribution in [-0.2, 0) is 9.59 Å². The van der Waals surface area contributed by atoms with Crippen molar-refractivity contribution in [3.63, 3.8) is 0 Å². The quantitative estimate of drug-likeness (QED) is 0.798. The fourth-order valence-corrected chi connectivity index (χ4v) is 1.84. The van der Waals surface area contributed by atoms with Crippen molar-refractivity contribution in [1.82, 2.24) is 4.90 Å². The molecule has 1 fully saturated rings. The highest BCUT2D eigenvalue weighted by Gasteiger charge is 2.28. The fourth-order valence-electron chi connectivity index (χ4n) is 1.84. The predicted octanol–water partition coefficient (Wildman–Crippen LogP) is 0.890. The summed E-state index contributed by atoms with van der Waals surface area (Å²) >= 11 is 0. The van der Waals surface area contributed by atoms with Crippen molar-refractivity contribution in [1.29, 1.82) is 0 Å². The number of nitrogens with zero attached hydrogens (tertiary/aromatic N) is 2. The standard InChI is InChI=1S/C13H16N2O3/c1-3-18-11-6-4-10(5-7-11)15-9-12(16)14(2)8-13(15)17/h4-7H,3,8-9H2,1-2H3. The molecule has 1 saturated heterocycles. The molecule has 0 saturated carbocycles. The lowest BCUT2D eigenvalue weighted by Gasteiger charge is -2.31. The zero-order valence-corrected chi connectivity index (χ0v) is 10.5. The van der Waals surface area contributed by atoms with Crippen LogP contribution in [0.3, 0.4) is 0 Å². The van der Waals surface area contributed by atoms with E-state index in [0.717, 1.165) is 11.4 Å². The topological polar surface area (TPSA) is 49.9 Å². The van der Waals surface area contributed by atoms with E-state index in [4.69, 9.17) is 4.74 Å². The van der Waals surface area contributed by atoms with Crippen LogP contribution in [0.2, 0.25) is 0 Å². The van der Waals surface area contributed by atoms with Gasteiger partial charge in [-0.05, 0) is 31.2 Å². The van der Waals surface area contributed by atoms with Crippen molar-refractivity contribution in [2.75, 3.05) is 31.6 Å². The first-order chi connectivity index (χ1) is 8.61.